The third kappa shape index (κ3) is 6.29. The molecule has 0 radical (unpaired) electrons. The van der Waals surface area contributed by atoms with Crippen molar-refractivity contribution in [1.29, 1.82) is 0 Å². The number of unbranched alkanes of at least 4 members (excludes halogenated alkanes) is 1. The Morgan fingerprint density at radius 2 is 1.96 bits per heavy atom. The second-order valence-corrected chi connectivity index (χ2v) is 8.30. The van der Waals surface area contributed by atoms with Crippen LogP contribution in [0, 0.1) is 0 Å². The molecule has 1 rings (SSSR count). The minimum atomic E-state index is -1.08. The standard InChI is InChI=1S/C15H25N3O6S/c1-15(2)11(14(23)24)18-12(25-15)9(7-19)17-10(20)6-4-3-5-8(16)13(21)22/h7-9,11-12,18H,3-6,16H2,1-2H3,(H,17,20)(H,21,22)(H,23,24)/t8-,9+,11-,12+/m0/s1. The number of carboxylic acids is 2. The Balaban J connectivity index is 2.46. The molecule has 0 aliphatic carbocycles. The summed E-state index contributed by atoms with van der Waals surface area (Å²) in [7, 11) is 0. The molecule has 1 saturated heterocycles. The van der Waals surface area contributed by atoms with Crippen molar-refractivity contribution in [3.63, 3.8) is 0 Å². The lowest BCUT2D eigenvalue weighted by molar-refractivity contribution is -0.140. The molecular weight excluding hydrogens is 350 g/mol. The molecule has 6 N–H and O–H groups in total. The molecule has 0 bridgehead atoms. The van der Waals surface area contributed by atoms with Crippen molar-refractivity contribution in [2.75, 3.05) is 0 Å². The van der Waals surface area contributed by atoms with Gasteiger partial charge >= 0.3 is 11.9 Å². The van der Waals surface area contributed by atoms with Gasteiger partial charge in [-0.25, -0.2) is 0 Å². The highest BCUT2D eigenvalue weighted by Gasteiger charge is 2.47. The van der Waals surface area contributed by atoms with Crippen molar-refractivity contribution < 1.29 is 29.4 Å². The van der Waals surface area contributed by atoms with Crippen LogP contribution in [0.2, 0.25) is 0 Å². The summed E-state index contributed by atoms with van der Waals surface area (Å²) in [6, 6.07) is -2.61. The fourth-order valence-electron chi connectivity index (χ4n) is 2.55. The second kappa shape index (κ2) is 9.16. The first kappa shape index (κ1) is 21.4. The zero-order valence-electron chi connectivity index (χ0n) is 14.2. The topological polar surface area (TPSA) is 159 Å². The molecule has 1 amide bonds. The van der Waals surface area contributed by atoms with Crippen molar-refractivity contribution >= 4 is 35.9 Å². The summed E-state index contributed by atoms with van der Waals surface area (Å²) in [6.07, 6.45) is 1.93. The maximum absolute atomic E-state index is 12.0. The quantitative estimate of drug-likeness (QED) is 0.251. The minimum Gasteiger partial charge on any atom is -0.480 e. The highest BCUT2D eigenvalue weighted by molar-refractivity contribution is 8.01. The van der Waals surface area contributed by atoms with E-state index in [1.54, 1.807) is 13.8 Å². The SMILES string of the molecule is CC1(C)S[C@H]([C@@H](C=O)NC(=O)CCCC[C@H](N)C(=O)O)N[C@H]1C(=O)O. The van der Waals surface area contributed by atoms with Gasteiger partial charge in [-0.3, -0.25) is 19.7 Å². The molecule has 142 valence electrons. The van der Waals surface area contributed by atoms with Crippen LogP contribution in [0.3, 0.4) is 0 Å². The third-order valence-electron chi connectivity index (χ3n) is 3.99. The highest BCUT2D eigenvalue weighted by atomic mass is 32.2. The Hall–Kier alpha value is -1.65. The third-order valence-corrected chi connectivity index (χ3v) is 5.52. The average molecular weight is 375 g/mol. The van der Waals surface area contributed by atoms with Gasteiger partial charge in [-0.05, 0) is 26.7 Å². The predicted molar refractivity (Wildman–Crippen MR) is 92.1 cm³/mol. The second-order valence-electron chi connectivity index (χ2n) is 6.50. The van der Waals surface area contributed by atoms with E-state index in [0.29, 0.717) is 19.1 Å². The van der Waals surface area contributed by atoms with Crippen molar-refractivity contribution in [2.24, 2.45) is 5.73 Å². The number of amides is 1. The van der Waals surface area contributed by atoms with Crippen LogP contribution >= 0.6 is 11.8 Å². The Morgan fingerprint density at radius 3 is 2.44 bits per heavy atom. The zero-order chi connectivity index (χ0) is 19.2. The number of thioether (sulfide) groups is 1. The van der Waals surface area contributed by atoms with Gasteiger partial charge in [0.1, 0.15) is 24.4 Å². The summed E-state index contributed by atoms with van der Waals surface area (Å²) in [5.41, 5.74) is 5.38. The fourth-order valence-corrected chi connectivity index (χ4v) is 3.99. The van der Waals surface area contributed by atoms with Crippen LogP contribution in [0.1, 0.15) is 39.5 Å². The van der Waals surface area contributed by atoms with Gasteiger partial charge in [0.05, 0.1) is 5.37 Å². The lowest BCUT2D eigenvalue weighted by Crippen LogP contribution is -2.51. The maximum Gasteiger partial charge on any atom is 0.322 e. The molecule has 1 heterocycles. The number of nitrogens with one attached hydrogen (secondary N) is 2. The van der Waals surface area contributed by atoms with Gasteiger partial charge in [0.25, 0.3) is 0 Å². The first-order valence-electron chi connectivity index (χ1n) is 7.98. The summed E-state index contributed by atoms with van der Waals surface area (Å²) < 4.78 is -0.616. The molecule has 10 heteroatoms. The summed E-state index contributed by atoms with van der Waals surface area (Å²) in [5.74, 6) is -2.43. The number of hydrogen-bond acceptors (Lipinski definition) is 7. The summed E-state index contributed by atoms with van der Waals surface area (Å²) in [6.45, 7) is 3.53. The van der Waals surface area contributed by atoms with E-state index < -0.39 is 40.2 Å². The van der Waals surface area contributed by atoms with Crippen molar-refractivity contribution in [3.8, 4) is 0 Å². The van der Waals surface area contributed by atoms with E-state index in [1.807, 2.05) is 0 Å². The van der Waals surface area contributed by atoms with Crippen LogP contribution in [0.15, 0.2) is 0 Å². The largest absolute Gasteiger partial charge is 0.480 e. The van der Waals surface area contributed by atoms with Crippen LogP contribution in [0.5, 0.6) is 0 Å². The first-order chi connectivity index (χ1) is 11.6. The van der Waals surface area contributed by atoms with E-state index in [4.69, 9.17) is 10.8 Å². The predicted octanol–water partition coefficient (Wildman–Crippen LogP) is -0.463. The van der Waals surface area contributed by atoms with Gasteiger partial charge in [0, 0.05) is 11.2 Å². The van der Waals surface area contributed by atoms with Gasteiger partial charge in [-0.2, -0.15) is 0 Å². The molecule has 0 aromatic rings. The van der Waals surface area contributed by atoms with Crippen LogP contribution in [0.4, 0.5) is 0 Å². The Kier molecular flexibility index (Phi) is 7.84. The Bertz CT molecular complexity index is 527. The van der Waals surface area contributed by atoms with Gasteiger partial charge in [-0.1, -0.05) is 6.42 Å². The molecule has 1 aliphatic heterocycles. The normalized spacial score (nSPS) is 24.3. The molecule has 4 atom stereocenters. The maximum atomic E-state index is 12.0. The molecule has 25 heavy (non-hydrogen) atoms. The molecule has 9 nitrogen and oxygen atoms in total. The number of nitrogens with two attached hydrogens (primary N) is 1. The molecular formula is C15H25N3O6S. The average Bonchev–Trinajstić information content (AvgIpc) is 2.84. The lowest BCUT2D eigenvalue weighted by Gasteiger charge is -2.21. The molecule has 1 fully saturated rings. The van der Waals surface area contributed by atoms with Crippen molar-refractivity contribution in [1.82, 2.24) is 10.6 Å². The van der Waals surface area contributed by atoms with Crippen LogP contribution in [-0.2, 0) is 19.2 Å². The van der Waals surface area contributed by atoms with E-state index in [9.17, 15) is 24.3 Å². The monoisotopic (exact) mass is 375 g/mol. The van der Waals surface area contributed by atoms with Gasteiger partial charge in [0.15, 0.2) is 0 Å². The minimum absolute atomic E-state index is 0.139. The van der Waals surface area contributed by atoms with E-state index in [0.717, 1.165) is 0 Å². The molecule has 0 saturated carbocycles. The van der Waals surface area contributed by atoms with E-state index in [1.165, 1.54) is 11.8 Å². The van der Waals surface area contributed by atoms with Crippen LogP contribution in [0.25, 0.3) is 0 Å². The smallest absolute Gasteiger partial charge is 0.322 e. The Labute approximate surface area is 150 Å². The number of rotatable bonds is 10. The first-order valence-corrected chi connectivity index (χ1v) is 8.86. The van der Waals surface area contributed by atoms with Gasteiger partial charge < -0.3 is 26.1 Å². The number of hydrogen-bond donors (Lipinski definition) is 5. The summed E-state index contributed by atoms with van der Waals surface area (Å²) in [5, 5.41) is 22.8. The number of aliphatic carboxylic acids is 2. The van der Waals surface area contributed by atoms with Crippen molar-refractivity contribution in [3.05, 3.63) is 0 Å². The molecule has 0 aromatic carbocycles. The summed E-state index contributed by atoms with van der Waals surface area (Å²) >= 11 is 1.29. The zero-order valence-corrected chi connectivity index (χ0v) is 15.0. The summed E-state index contributed by atoms with van der Waals surface area (Å²) in [4.78, 5) is 45.1. The molecule has 0 spiro atoms. The molecule has 1 aliphatic rings. The molecule has 0 unspecified atom stereocenters. The van der Waals surface area contributed by atoms with E-state index in [2.05, 4.69) is 10.6 Å². The van der Waals surface area contributed by atoms with E-state index >= 15 is 0 Å². The molecule has 0 aromatic heterocycles. The van der Waals surface area contributed by atoms with Gasteiger partial charge in [0.2, 0.25) is 5.91 Å². The number of carbonyl (C=O) groups is 4. The fraction of sp³-hybridized carbons (Fsp3) is 0.733. The highest BCUT2D eigenvalue weighted by Crippen LogP contribution is 2.38. The van der Waals surface area contributed by atoms with Crippen LogP contribution < -0.4 is 16.4 Å². The van der Waals surface area contributed by atoms with Crippen molar-refractivity contribution in [2.45, 2.75) is 67.8 Å². The number of carboxylic acid groups (broad SMARTS) is 2. The number of carbonyl (C=O) groups excluding carboxylic acids is 2. The van der Waals surface area contributed by atoms with E-state index in [-0.39, 0.29) is 18.7 Å². The van der Waals surface area contributed by atoms with Crippen LogP contribution in [-0.4, -0.2) is 62.6 Å². The lowest BCUT2D eigenvalue weighted by atomic mass is 10.0. The number of aldehydes is 1. The Morgan fingerprint density at radius 1 is 1.32 bits per heavy atom. The van der Waals surface area contributed by atoms with Gasteiger partial charge in [-0.15, -0.1) is 11.8 Å².